The minimum Gasteiger partial charge on any atom is -0.309 e. The Labute approximate surface area is 118 Å². The average Bonchev–Trinajstić information content (AvgIpc) is 2.22. The summed E-state index contributed by atoms with van der Waals surface area (Å²) in [4.78, 5) is 6.65. The van der Waals surface area contributed by atoms with Crippen LogP contribution in [0.15, 0.2) is 6.07 Å². The third kappa shape index (κ3) is 3.35. The van der Waals surface area contributed by atoms with Gasteiger partial charge >= 0.3 is 0 Å². The van der Waals surface area contributed by atoms with E-state index in [9.17, 15) is 0 Å². The highest BCUT2D eigenvalue weighted by atomic mass is 35.5. The lowest BCUT2D eigenvalue weighted by molar-refractivity contribution is 0.166. The van der Waals surface area contributed by atoms with Crippen molar-refractivity contribution in [2.75, 3.05) is 13.1 Å². The first-order valence-corrected chi connectivity index (χ1v) is 7.01. The lowest BCUT2D eigenvalue weighted by atomic mass is 10.1. The minimum atomic E-state index is 0.490. The molecule has 0 radical (unpaired) electrons. The summed E-state index contributed by atoms with van der Waals surface area (Å²) in [5.74, 6) is 0. The van der Waals surface area contributed by atoms with Crippen LogP contribution in [0.3, 0.4) is 0 Å². The van der Waals surface area contributed by atoms with Gasteiger partial charge in [0.05, 0.1) is 0 Å². The molecular formula is C13H19Cl2N3. The van der Waals surface area contributed by atoms with Crippen LogP contribution >= 0.6 is 23.2 Å². The summed E-state index contributed by atoms with van der Waals surface area (Å²) in [6.07, 6.45) is 0. The fraction of sp³-hybridized carbons (Fsp3) is 0.615. The van der Waals surface area contributed by atoms with E-state index in [1.54, 1.807) is 0 Å². The summed E-state index contributed by atoms with van der Waals surface area (Å²) < 4.78 is 0. The molecule has 0 amide bonds. The third-order valence-electron chi connectivity index (χ3n) is 3.16. The second-order valence-corrected chi connectivity index (χ2v) is 5.94. The number of piperazine rings is 1. The molecule has 1 N–H and O–H groups in total. The first kappa shape index (κ1) is 14.1. The van der Waals surface area contributed by atoms with Gasteiger partial charge in [0.25, 0.3) is 0 Å². The Bertz CT molecular complexity index is 403. The van der Waals surface area contributed by atoms with E-state index in [1.807, 2.05) is 13.0 Å². The summed E-state index contributed by atoms with van der Waals surface area (Å²) in [5.41, 5.74) is 1.79. The van der Waals surface area contributed by atoms with Crippen LogP contribution in [0, 0.1) is 6.92 Å². The van der Waals surface area contributed by atoms with Gasteiger partial charge in [-0.1, -0.05) is 23.2 Å². The van der Waals surface area contributed by atoms with Gasteiger partial charge < -0.3 is 5.32 Å². The van der Waals surface area contributed by atoms with Gasteiger partial charge in [-0.15, -0.1) is 0 Å². The standard InChI is InChI=1S/C13H19Cl2N3/c1-8-4-12(14)11(13(15)17-8)7-18-5-9(2)16-10(3)6-18/h4,9-10,16H,5-7H2,1-3H3. The number of rotatable bonds is 2. The zero-order chi connectivity index (χ0) is 13.3. The van der Waals surface area contributed by atoms with Crippen molar-refractivity contribution in [3.05, 3.63) is 27.5 Å². The monoisotopic (exact) mass is 287 g/mol. The quantitative estimate of drug-likeness (QED) is 0.848. The molecular weight excluding hydrogens is 269 g/mol. The Morgan fingerprint density at radius 2 is 1.94 bits per heavy atom. The van der Waals surface area contributed by atoms with Gasteiger partial charge in [0.1, 0.15) is 5.15 Å². The topological polar surface area (TPSA) is 28.2 Å². The van der Waals surface area contributed by atoms with Crippen molar-refractivity contribution >= 4 is 23.2 Å². The highest BCUT2D eigenvalue weighted by Crippen LogP contribution is 2.25. The van der Waals surface area contributed by atoms with Crippen LogP contribution in [0.4, 0.5) is 0 Å². The van der Waals surface area contributed by atoms with Gasteiger partial charge in [0, 0.05) is 48.0 Å². The van der Waals surface area contributed by atoms with Crippen LogP contribution in [0.25, 0.3) is 0 Å². The van der Waals surface area contributed by atoms with Crippen LogP contribution in [0.1, 0.15) is 25.1 Å². The number of hydrogen-bond donors (Lipinski definition) is 1. The number of hydrogen-bond acceptors (Lipinski definition) is 3. The third-order valence-corrected chi connectivity index (χ3v) is 3.81. The van der Waals surface area contributed by atoms with Gasteiger partial charge in [-0.05, 0) is 26.8 Å². The van der Waals surface area contributed by atoms with Gasteiger partial charge in [-0.2, -0.15) is 0 Å². The average molecular weight is 288 g/mol. The summed E-state index contributed by atoms with van der Waals surface area (Å²) in [5, 5.41) is 4.75. The number of nitrogens with one attached hydrogen (secondary N) is 1. The predicted octanol–water partition coefficient (Wildman–Crippen LogP) is 2.88. The molecule has 0 bridgehead atoms. The molecule has 1 aliphatic heterocycles. The first-order chi connectivity index (χ1) is 8.45. The molecule has 1 aromatic heterocycles. The van der Waals surface area contributed by atoms with Crippen molar-refractivity contribution in [3.63, 3.8) is 0 Å². The Balaban J connectivity index is 2.14. The van der Waals surface area contributed by atoms with Crippen LogP contribution in [0.2, 0.25) is 10.2 Å². The molecule has 2 unspecified atom stereocenters. The first-order valence-electron chi connectivity index (χ1n) is 6.25. The van der Waals surface area contributed by atoms with E-state index in [-0.39, 0.29) is 0 Å². The molecule has 2 rings (SSSR count). The van der Waals surface area contributed by atoms with Gasteiger partial charge in [0.15, 0.2) is 0 Å². The highest BCUT2D eigenvalue weighted by Gasteiger charge is 2.22. The molecule has 1 aliphatic rings. The second-order valence-electron chi connectivity index (χ2n) is 5.18. The highest BCUT2D eigenvalue weighted by molar-refractivity contribution is 6.35. The van der Waals surface area contributed by atoms with Gasteiger partial charge in [-0.25, -0.2) is 4.98 Å². The van der Waals surface area contributed by atoms with Gasteiger partial charge in [0.2, 0.25) is 0 Å². The number of pyridine rings is 1. The Hall–Kier alpha value is -0.350. The molecule has 0 aliphatic carbocycles. The van der Waals surface area contributed by atoms with Crippen molar-refractivity contribution in [1.82, 2.24) is 15.2 Å². The summed E-state index contributed by atoms with van der Waals surface area (Å²) in [7, 11) is 0. The summed E-state index contributed by atoms with van der Waals surface area (Å²) in [6, 6.07) is 2.85. The molecule has 3 nitrogen and oxygen atoms in total. The Kier molecular flexibility index (Phi) is 4.49. The maximum Gasteiger partial charge on any atom is 0.135 e. The van der Waals surface area contributed by atoms with E-state index >= 15 is 0 Å². The molecule has 0 spiro atoms. The summed E-state index contributed by atoms with van der Waals surface area (Å²) in [6.45, 7) is 9.06. The molecule has 0 aromatic carbocycles. The molecule has 18 heavy (non-hydrogen) atoms. The molecule has 100 valence electrons. The smallest absolute Gasteiger partial charge is 0.135 e. The van der Waals surface area contributed by atoms with E-state index < -0.39 is 0 Å². The van der Waals surface area contributed by atoms with Crippen LogP contribution < -0.4 is 5.32 Å². The molecule has 2 atom stereocenters. The predicted molar refractivity (Wildman–Crippen MR) is 76.3 cm³/mol. The zero-order valence-electron chi connectivity index (χ0n) is 11.0. The number of aryl methyl sites for hydroxylation is 1. The van der Waals surface area contributed by atoms with Crippen molar-refractivity contribution < 1.29 is 0 Å². The Morgan fingerprint density at radius 1 is 1.33 bits per heavy atom. The van der Waals surface area contributed by atoms with E-state index in [0.717, 1.165) is 30.9 Å². The fourth-order valence-electron chi connectivity index (χ4n) is 2.56. The van der Waals surface area contributed by atoms with Gasteiger partial charge in [-0.3, -0.25) is 4.90 Å². The maximum atomic E-state index is 6.26. The van der Waals surface area contributed by atoms with Crippen LogP contribution in [-0.2, 0) is 6.54 Å². The number of halogens is 2. The molecule has 5 heteroatoms. The fourth-order valence-corrected chi connectivity index (χ4v) is 3.21. The molecule has 0 saturated carbocycles. The van der Waals surface area contributed by atoms with Crippen LogP contribution in [0.5, 0.6) is 0 Å². The van der Waals surface area contributed by atoms with E-state index in [4.69, 9.17) is 23.2 Å². The maximum absolute atomic E-state index is 6.26. The minimum absolute atomic E-state index is 0.490. The van der Waals surface area contributed by atoms with E-state index in [0.29, 0.717) is 22.3 Å². The van der Waals surface area contributed by atoms with Crippen LogP contribution in [-0.4, -0.2) is 35.1 Å². The summed E-state index contributed by atoms with van der Waals surface area (Å²) >= 11 is 12.4. The number of aromatic nitrogens is 1. The molecule has 1 saturated heterocycles. The molecule has 1 fully saturated rings. The second kappa shape index (κ2) is 5.74. The normalized spacial score (nSPS) is 25.4. The lowest BCUT2D eigenvalue weighted by Gasteiger charge is -2.36. The zero-order valence-corrected chi connectivity index (χ0v) is 12.5. The lowest BCUT2D eigenvalue weighted by Crippen LogP contribution is -2.53. The Morgan fingerprint density at radius 3 is 2.50 bits per heavy atom. The molecule has 1 aromatic rings. The van der Waals surface area contributed by atoms with Crippen molar-refractivity contribution in [1.29, 1.82) is 0 Å². The van der Waals surface area contributed by atoms with Crippen molar-refractivity contribution in [3.8, 4) is 0 Å². The number of nitrogens with zero attached hydrogens (tertiary/aromatic N) is 2. The largest absolute Gasteiger partial charge is 0.309 e. The van der Waals surface area contributed by atoms with E-state index in [1.165, 1.54) is 0 Å². The molecule has 2 heterocycles. The van der Waals surface area contributed by atoms with Crippen molar-refractivity contribution in [2.45, 2.75) is 39.4 Å². The van der Waals surface area contributed by atoms with E-state index in [2.05, 4.69) is 29.0 Å². The van der Waals surface area contributed by atoms with Crippen molar-refractivity contribution in [2.24, 2.45) is 0 Å². The SMILES string of the molecule is Cc1cc(Cl)c(CN2CC(C)NC(C)C2)c(Cl)n1.